The highest BCUT2D eigenvalue weighted by Crippen LogP contribution is 2.32. The number of amides is 1. The number of nitrogens with zero attached hydrogens (tertiary/aromatic N) is 3. The van der Waals surface area contributed by atoms with E-state index in [9.17, 15) is 18.0 Å². The maximum absolute atomic E-state index is 13.0. The first-order chi connectivity index (χ1) is 15.6. The fourth-order valence-corrected chi connectivity index (χ4v) is 4.50. The van der Waals surface area contributed by atoms with E-state index in [1.165, 1.54) is 0 Å². The lowest BCUT2D eigenvalue weighted by Gasteiger charge is -2.29. The fourth-order valence-electron chi connectivity index (χ4n) is 4.30. The maximum atomic E-state index is 13.0. The third-order valence-electron chi connectivity index (χ3n) is 6.08. The highest BCUT2D eigenvalue weighted by molar-refractivity contribution is 6.33. The van der Waals surface area contributed by atoms with Crippen LogP contribution in [0.15, 0.2) is 30.5 Å². The molecule has 6 nitrogen and oxygen atoms in total. The summed E-state index contributed by atoms with van der Waals surface area (Å²) in [6.07, 6.45) is 0.524. The molecular formula is C23H25ClF3N5O. The zero-order valence-corrected chi connectivity index (χ0v) is 19.1. The number of rotatable bonds is 5. The maximum Gasteiger partial charge on any atom is 0.416 e. The quantitative estimate of drug-likeness (QED) is 0.512. The Kier molecular flexibility index (Phi) is 6.52. The summed E-state index contributed by atoms with van der Waals surface area (Å²) in [4.78, 5) is 17.1. The van der Waals surface area contributed by atoms with Gasteiger partial charge in [-0.3, -0.25) is 4.79 Å². The summed E-state index contributed by atoms with van der Waals surface area (Å²) in [5.41, 5.74) is 2.59. The molecule has 0 bridgehead atoms. The summed E-state index contributed by atoms with van der Waals surface area (Å²) in [6.45, 7) is 4.70. The molecule has 1 aliphatic carbocycles. The molecule has 1 fully saturated rings. The summed E-state index contributed by atoms with van der Waals surface area (Å²) in [5.74, 6) is -0.160. The molecule has 0 radical (unpaired) electrons. The van der Waals surface area contributed by atoms with Gasteiger partial charge in [-0.1, -0.05) is 11.6 Å². The average Bonchev–Trinajstić information content (AvgIpc) is 3.15. The molecule has 1 amide bonds. The number of benzene rings is 1. The predicted octanol–water partition coefficient (Wildman–Crippen LogP) is 5.42. The van der Waals surface area contributed by atoms with E-state index in [4.69, 9.17) is 11.6 Å². The second kappa shape index (κ2) is 9.21. The number of carbonyl (C=O) groups is 1. The minimum atomic E-state index is -4.53. The molecule has 1 aliphatic rings. The van der Waals surface area contributed by atoms with Gasteiger partial charge in [0.15, 0.2) is 5.65 Å². The Morgan fingerprint density at radius 1 is 1.18 bits per heavy atom. The van der Waals surface area contributed by atoms with Crippen molar-refractivity contribution in [1.82, 2.24) is 19.9 Å². The van der Waals surface area contributed by atoms with Gasteiger partial charge in [-0.05, 0) is 69.7 Å². The normalized spacial score (nSPS) is 19.0. The van der Waals surface area contributed by atoms with Gasteiger partial charge in [0.1, 0.15) is 0 Å². The number of fused-ring (bicyclic) bond motifs is 1. The first-order valence-corrected chi connectivity index (χ1v) is 11.2. The number of nitrogens with one attached hydrogen (secondary N) is 2. The number of halogens is 4. The highest BCUT2D eigenvalue weighted by atomic mass is 35.5. The smallest absolute Gasteiger partial charge is 0.380 e. The molecule has 1 aromatic carbocycles. The van der Waals surface area contributed by atoms with E-state index in [0.29, 0.717) is 5.92 Å². The second-order valence-corrected chi connectivity index (χ2v) is 9.00. The van der Waals surface area contributed by atoms with Crippen molar-refractivity contribution in [2.75, 3.05) is 11.9 Å². The van der Waals surface area contributed by atoms with Crippen molar-refractivity contribution in [3.05, 3.63) is 58.0 Å². The molecule has 0 saturated heterocycles. The number of aromatic nitrogens is 3. The van der Waals surface area contributed by atoms with Crippen LogP contribution < -0.4 is 10.6 Å². The van der Waals surface area contributed by atoms with Crippen molar-refractivity contribution in [3.8, 4) is 0 Å². The molecule has 2 aromatic heterocycles. The van der Waals surface area contributed by atoms with Crippen molar-refractivity contribution in [1.29, 1.82) is 0 Å². The number of carbonyl (C=O) groups excluding carboxylic acids is 1. The van der Waals surface area contributed by atoms with Crippen molar-refractivity contribution in [2.24, 2.45) is 5.92 Å². The van der Waals surface area contributed by atoms with Gasteiger partial charge in [-0.2, -0.15) is 18.3 Å². The molecule has 2 N–H and O–H groups in total. The third-order valence-corrected chi connectivity index (χ3v) is 6.41. The molecule has 4 rings (SSSR count). The fraction of sp³-hybridized carbons (Fsp3) is 0.435. The standard InChI is InChI=1S/C23H25ClF3N5O/c1-13-9-14(2)32-21(30-13)20(12-29-32)28-11-15-3-6-17(7-4-15)31-22(33)18-10-16(23(25,26)27)5-8-19(18)24/h5,8-10,12,15,17,28H,3-4,6-7,11H2,1-2H3,(H,31,33)/t15-,17-. The lowest BCUT2D eigenvalue weighted by molar-refractivity contribution is -0.137. The number of hydrogen-bond donors (Lipinski definition) is 2. The zero-order valence-electron chi connectivity index (χ0n) is 18.3. The Balaban J connectivity index is 1.31. The Morgan fingerprint density at radius 2 is 1.91 bits per heavy atom. The van der Waals surface area contributed by atoms with Crippen LogP contribution in [0.25, 0.3) is 5.65 Å². The van der Waals surface area contributed by atoms with Gasteiger partial charge >= 0.3 is 6.18 Å². The van der Waals surface area contributed by atoms with Gasteiger partial charge in [0.2, 0.25) is 0 Å². The lowest BCUT2D eigenvalue weighted by Crippen LogP contribution is -2.38. The van der Waals surface area contributed by atoms with Gasteiger partial charge < -0.3 is 10.6 Å². The predicted molar refractivity (Wildman–Crippen MR) is 121 cm³/mol. The van der Waals surface area contributed by atoms with E-state index in [1.807, 2.05) is 19.9 Å². The second-order valence-electron chi connectivity index (χ2n) is 8.60. The van der Waals surface area contributed by atoms with Crippen LogP contribution in [0, 0.1) is 19.8 Å². The molecule has 0 unspecified atom stereocenters. The van der Waals surface area contributed by atoms with Gasteiger partial charge in [0, 0.05) is 24.0 Å². The summed E-state index contributed by atoms with van der Waals surface area (Å²) in [5, 5.41) is 10.7. The van der Waals surface area contributed by atoms with Crippen LogP contribution >= 0.6 is 11.6 Å². The molecule has 10 heteroatoms. The van der Waals surface area contributed by atoms with Crippen LogP contribution in [0.1, 0.15) is 53.0 Å². The third kappa shape index (κ3) is 5.24. The van der Waals surface area contributed by atoms with Crippen molar-refractivity contribution < 1.29 is 18.0 Å². The number of anilines is 1. The Hall–Kier alpha value is -2.81. The summed E-state index contributed by atoms with van der Waals surface area (Å²) < 4.78 is 40.7. The van der Waals surface area contributed by atoms with Crippen molar-refractivity contribution in [2.45, 2.75) is 51.7 Å². The Morgan fingerprint density at radius 3 is 2.61 bits per heavy atom. The van der Waals surface area contributed by atoms with E-state index in [0.717, 1.165) is 73.1 Å². The largest absolute Gasteiger partial charge is 0.416 e. The van der Waals surface area contributed by atoms with Gasteiger partial charge in [-0.25, -0.2) is 9.50 Å². The van der Waals surface area contributed by atoms with Gasteiger partial charge in [0.25, 0.3) is 5.91 Å². The summed E-state index contributed by atoms with van der Waals surface area (Å²) >= 11 is 5.98. The van der Waals surface area contributed by atoms with Crippen LogP contribution in [0.2, 0.25) is 5.02 Å². The first-order valence-electron chi connectivity index (χ1n) is 10.9. The van der Waals surface area contributed by atoms with Gasteiger partial charge in [-0.15, -0.1) is 0 Å². The van der Waals surface area contributed by atoms with E-state index >= 15 is 0 Å². The molecular weight excluding hydrogens is 455 g/mol. The molecule has 0 aliphatic heterocycles. The van der Waals surface area contributed by atoms with Crippen LogP contribution in [-0.4, -0.2) is 33.1 Å². The molecule has 0 atom stereocenters. The summed E-state index contributed by atoms with van der Waals surface area (Å²) in [7, 11) is 0. The molecule has 176 valence electrons. The average molecular weight is 480 g/mol. The Labute approximate surface area is 194 Å². The van der Waals surface area contributed by atoms with Gasteiger partial charge in [0.05, 0.1) is 28.0 Å². The van der Waals surface area contributed by atoms with Crippen LogP contribution in [0.5, 0.6) is 0 Å². The topological polar surface area (TPSA) is 71.3 Å². The van der Waals surface area contributed by atoms with E-state index < -0.39 is 17.6 Å². The molecule has 3 aromatic rings. The number of alkyl halides is 3. The van der Waals surface area contributed by atoms with Crippen LogP contribution in [-0.2, 0) is 6.18 Å². The minimum absolute atomic E-state index is 0.00544. The minimum Gasteiger partial charge on any atom is -0.380 e. The van der Waals surface area contributed by atoms with E-state index in [2.05, 4.69) is 20.7 Å². The number of hydrogen-bond acceptors (Lipinski definition) is 4. The molecule has 2 heterocycles. The Bertz CT molecular complexity index is 1170. The van der Waals surface area contributed by atoms with Crippen LogP contribution in [0.4, 0.5) is 18.9 Å². The first kappa shape index (κ1) is 23.4. The number of aryl methyl sites for hydroxylation is 2. The monoisotopic (exact) mass is 479 g/mol. The SMILES string of the molecule is Cc1cc(C)n2ncc(NC[C@H]3CC[C@H](NC(=O)c4cc(C(F)(F)F)ccc4Cl)CC3)c2n1. The van der Waals surface area contributed by atoms with E-state index in [1.54, 1.807) is 10.7 Å². The lowest BCUT2D eigenvalue weighted by atomic mass is 9.86. The van der Waals surface area contributed by atoms with Crippen LogP contribution in [0.3, 0.4) is 0 Å². The van der Waals surface area contributed by atoms with Crippen molar-refractivity contribution >= 4 is 28.8 Å². The molecule has 33 heavy (non-hydrogen) atoms. The van der Waals surface area contributed by atoms with Crippen molar-refractivity contribution in [3.63, 3.8) is 0 Å². The van der Waals surface area contributed by atoms with E-state index in [-0.39, 0.29) is 16.6 Å². The summed E-state index contributed by atoms with van der Waals surface area (Å²) in [6, 6.07) is 4.68. The zero-order chi connectivity index (χ0) is 23.8. The molecule has 0 spiro atoms. The molecule has 1 saturated carbocycles. The highest BCUT2D eigenvalue weighted by Gasteiger charge is 2.32.